The quantitative estimate of drug-likeness (QED) is 0.318. The zero-order valence-electron chi connectivity index (χ0n) is 22.2. The van der Waals surface area contributed by atoms with Crippen molar-refractivity contribution in [2.75, 3.05) is 31.1 Å². The van der Waals surface area contributed by atoms with Crippen LogP contribution in [0.5, 0.6) is 0 Å². The molecular weight excluding hydrogens is 498 g/mol. The summed E-state index contributed by atoms with van der Waals surface area (Å²) in [7, 11) is 0. The Morgan fingerprint density at radius 2 is 2.08 bits per heavy atom. The Kier molecular flexibility index (Phi) is 7.73. The molecule has 0 saturated carbocycles. The molecule has 3 N–H and O–H groups in total. The van der Waals surface area contributed by atoms with Gasteiger partial charge in [-0.1, -0.05) is 19.9 Å². The average molecular weight is 534 g/mol. The number of hydrogen-bond donors (Lipinski definition) is 2. The van der Waals surface area contributed by atoms with E-state index in [1.807, 2.05) is 29.8 Å². The molecule has 0 radical (unpaired) electrons. The minimum atomic E-state index is -0.486. The third kappa shape index (κ3) is 4.91. The smallest absolute Gasteiger partial charge is 0.249 e. The number of aliphatic hydroxyl groups is 1. The maximum absolute atomic E-state index is 12.9. The summed E-state index contributed by atoms with van der Waals surface area (Å²) < 4.78 is 1.72. The zero-order chi connectivity index (χ0) is 26.8. The first-order chi connectivity index (χ1) is 18.4. The van der Waals surface area contributed by atoms with Crippen LogP contribution < -0.4 is 10.6 Å². The lowest BCUT2D eigenvalue weighted by molar-refractivity contribution is 0.0999. The summed E-state index contributed by atoms with van der Waals surface area (Å²) >= 11 is 1.63. The number of rotatable bonds is 10. The summed E-state index contributed by atoms with van der Waals surface area (Å²) in [4.78, 5) is 28.5. The molecule has 1 fully saturated rings. The molecule has 4 aromatic heterocycles. The van der Waals surface area contributed by atoms with Crippen molar-refractivity contribution in [2.24, 2.45) is 5.73 Å². The SMILES string of the molecule is CCN(CC)[C@@H](C)Cc1c(C(N)=O)cc(-c2cnn3ccc(-c4cccs4)nc23)nc1N1CCC[C@@H]1CO. The van der Waals surface area contributed by atoms with E-state index in [4.69, 9.17) is 15.7 Å². The van der Waals surface area contributed by atoms with E-state index in [2.05, 4.69) is 35.7 Å². The maximum atomic E-state index is 12.9. The van der Waals surface area contributed by atoms with Gasteiger partial charge in [0.15, 0.2) is 5.65 Å². The fourth-order valence-electron chi connectivity index (χ4n) is 5.54. The van der Waals surface area contributed by atoms with Crippen LogP contribution in [0.25, 0.3) is 27.5 Å². The van der Waals surface area contributed by atoms with Crippen molar-refractivity contribution in [1.82, 2.24) is 24.5 Å². The Morgan fingerprint density at radius 1 is 1.26 bits per heavy atom. The maximum Gasteiger partial charge on any atom is 0.249 e. The normalized spacial score (nSPS) is 16.6. The number of aliphatic hydroxyl groups excluding tert-OH is 1. The van der Waals surface area contributed by atoms with E-state index in [1.54, 1.807) is 28.1 Å². The monoisotopic (exact) mass is 533 g/mol. The second-order valence-electron chi connectivity index (χ2n) is 9.78. The number of pyridine rings is 1. The van der Waals surface area contributed by atoms with Crippen LogP contribution in [0.4, 0.5) is 5.82 Å². The van der Waals surface area contributed by atoms with E-state index in [-0.39, 0.29) is 18.7 Å². The van der Waals surface area contributed by atoms with Crippen molar-refractivity contribution >= 4 is 28.7 Å². The molecule has 4 aromatic rings. The molecule has 1 saturated heterocycles. The van der Waals surface area contributed by atoms with Crippen molar-refractivity contribution < 1.29 is 9.90 Å². The molecule has 5 rings (SSSR count). The van der Waals surface area contributed by atoms with Crippen molar-refractivity contribution in [1.29, 1.82) is 0 Å². The Bertz CT molecular complexity index is 1410. The summed E-state index contributed by atoms with van der Waals surface area (Å²) in [6, 6.07) is 7.91. The number of primary amides is 1. The van der Waals surface area contributed by atoms with Gasteiger partial charge in [-0.2, -0.15) is 5.10 Å². The number of carbonyl (C=O) groups is 1. The zero-order valence-corrected chi connectivity index (χ0v) is 23.0. The molecule has 0 bridgehead atoms. The number of likely N-dealkylation sites (N-methyl/N-ethyl adjacent to an activating group) is 1. The Morgan fingerprint density at radius 3 is 2.76 bits per heavy atom. The standard InChI is InChI=1S/C28H35N7O2S/c1-4-33(5-2)18(3)14-21-20(26(29)37)15-24(32-27(21)34-11-6-8-19(34)17-36)22-16-30-35-12-10-23(31-28(22)35)25-9-7-13-38-25/h7,9-10,12-13,15-16,18-19,36H,4-6,8,11,14,17H2,1-3H3,(H2,29,37)/t18-,19+/m0/s1. The Balaban J connectivity index is 1.68. The number of anilines is 1. The molecule has 200 valence electrons. The molecule has 2 atom stereocenters. The van der Waals surface area contributed by atoms with E-state index in [1.165, 1.54) is 0 Å². The van der Waals surface area contributed by atoms with Crippen molar-refractivity contribution in [2.45, 2.75) is 52.1 Å². The second-order valence-corrected chi connectivity index (χ2v) is 10.7. The third-order valence-electron chi connectivity index (χ3n) is 7.58. The van der Waals surface area contributed by atoms with E-state index < -0.39 is 5.91 Å². The van der Waals surface area contributed by atoms with Crippen LogP contribution in [-0.2, 0) is 6.42 Å². The van der Waals surface area contributed by atoms with Crippen LogP contribution in [0.2, 0.25) is 0 Å². The van der Waals surface area contributed by atoms with E-state index in [0.717, 1.165) is 60.0 Å². The van der Waals surface area contributed by atoms with E-state index in [9.17, 15) is 9.90 Å². The Labute approximate surface area is 226 Å². The molecule has 9 nitrogen and oxygen atoms in total. The number of nitrogens with two attached hydrogens (primary N) is 1. The number of fused-ring (bicyclic) bond motifs is 1. The van der Waals surface area contributed by atoms with E-state index >= 15 is 0 Å². The first-order valence-electron chi connectivity index (χ1n) is 13.3. The molecule has 10 heteroatoms. The van der Waals surface area contributed by atoms with Gasteiger partial charge in [0.1, 0.15) is 5.82 Å². The molecule has 1 aliphatic rings. The van der Waals surface area contributed by atoms with Gasteiger partial charge in [0.2, 0.25) is 5.91 Å². The summed E-state index contributed by atoms with van der Waals surface area (Å²) in [5, 5.41) is 16.7. The molecule has 0 unspecified atom stereocenters. The lowest BCUT2D eigenvalue weighted by atomic mass is 9.97. The summed E-state index contributed by atoms with van der Waals surface area (Å²) in [5.74, 6) is 0.237. The average Bonchev–Trinajstić information content (AvgIpc) is 3.70. The number of nitrogens with zero attached hydrogens (tertiary/aromatic N) is 6. The van der Waals surface area contributed by atoms with Crippen LogP contribution in [-0.4, -0.2) is 73.8 Å². The highest BCUT2D eigenvalue weighted by Crippen LogP contribution is 2.35. The molecular formula is C28H35N7O2S. The molecule has 0 spiro atoms. The molecule has 5 heterocycles. The van der Waals surface area contributed by atoms with Gasteiger partial charge >= 0.3 is 0 Å². The highest BCUT2D eigenvalue weighted by atomic mass is 32.1. The van der Waals surface area contributed by atoms with Crippen LogP contribution in [0.1, 0.15) is 49.5 Å². The lowest BCUT2D eigenvalue weighted by Gasteiger charge is -2.31. The number of carbonyl (C=O) groups excluding carboxylic acids is 1. The molecule has 0 aliphatic carbocycles. The van der Waals surface area contributed by atoms with E-state index in [0.29, 0.717) is 23.3 Å². The predicted octanol–water partition coefficient (Wildman–Crippen LogP) is 3.85. The molecule has 38 heavy (non-hydrogen) atoms. The van der Waals surface area contributed by atoms with Gasteiger partial charge < -0.3 is 20.6 Å². The third-order valence-corrected chi connectivity index (χ3v) is 8.47. The summed E-state index contributed by atoms with van der Waals surface area (Å²) in [5.41, 5.74) is 10.2. The highest BCUT2D eigenvalue weighted by Gasteiger charge is 2.31. The minimum Gasteiger partial charge on any atom is -0.394 e. The van der Waals surface area contributed by atoms with Gasteiger partial charge in [-0.15, -0.1) is 11.3 Å². The van der Waals surface area contributed by atoms with Gasteiger partial charge in [0.25, 0.3) is 0 Å². The Hall–Kier alpha value is -3.34. The molecule has 1 aliphatic heterocycles. The number of amides is 1. The first kappa shape index (κ1) is 26.3. The predicted molar refractivity (Wildman–Crippen MR) is 152 cm³/mol. The van der Waals surface area contributed by atoms with Gasteiger partial charge in [0.05, 0.1) is 40.7 Å². The minimum absolute atomic E-state index is 0.0330. The lowest BCUT2D eigenvalue weighted by Crippen LogP contribution is -2.37. The van der Waals surface area contributed by atoms with Crippen LogP contribution in [0, 0.1) is 0 Å². The van der Waals surface area contributed by atoms with Crippen molar-refractivity contribution in [3.8, 4) is 21.8 Å². The molecule has 0 aromatic carbocycles. The first-order valence-corrected chi connectivity index (χ1v) is 14.2. The fourth-order valence-corrected chi connectivity index (χ4v) is 6.24. The van der Waals surface area contributed by atoms with Crippen LogP contribution >= 0.6 is 11.3 Å². The number of hydrogen-bond acceptors (Lipinski definition) is 8. The van der Waals surface area contributed by atoms with Crippen LogP contribution in [0.15, 0.2) is 42.0 Å². The second kappa shape index (κ2) is 11.2. The van der Waals surface area contributed by atoms with Gasteiger partial charge in [0, 0.05) is 29.9 Å². The fraction of sp³-hybridized carbons (Fsp3) is 0.429. The highest BCUT2D eigenvalue weighted by molar-refractivity contribution is 7.13. The van der Waals surface area contributed by atoms with Gasteiger partial charge in [-0.05, 0) is 62.9 Å². The van der Waals surface area contributed by atoms with Crippen LogP contribution in [0.3, 0.4) is 0 Å². The summed E-state index contributed by atoms with van der Waals surface area (Å²) in [6.45, 7) is 9.07. The largest absolute Gasteiger partial charge is 0.394 e. The van der Waals surface area contributed by atoms with Crippen molar-refractivity contribution in [3.05, 3.63) is 53.2 Å². The van der Waals surface area contributed by atoms with Crippen molar-refractivity contribution in [3.63, 3.8) is 0 Å². The molecule has 1 amide bonds. The van der Waals surface area contributed by atoms with Gasteiger partial charge in [-0.3, -0.25) is 4.79 Å². The summed E-state index contributed by atoms with van der Waals surface area (Å²) in [6.07, 6.45) is 6.09. The topological polar surface area (TPSA) is 113 Å². The van der Waals surface area contributed by atoms with Gasteiger partial charge in [-0.25, -0.2) is 14.5 Å². The number of thiophene rings is 1. The number of aromatic nitrogens is 4.